The number of pyridine rings is 1. The van der Waals surface area contributed by atoms with Crippen LogP contribution in [0.3, 0.4) is 0 Å². The van der Waals surface area contributed by atoms with Crippen LogP contribution in [0, 0.1) is 0 Å². The van der Waals surface area contributed by atoms with E-state index in [4.69, 9.17) is 9.47 Å². The summed E-state index contributed by atoms with van der Waals surface area (Å²) in [6, 6.07) is 1.24. The molecule has 2 aliphatic heterocycles. The molecule has 3 aliphatic rings. The van der Waals surface area contributed by atoms with Crippen LogP contribution in [0.15, 0.2) is 24.4 Å². The number of ether oxygens (including phenoxy) is 2. The molecule has 12 heteroatoms. The molecule has 1 aromatic rings. The quantitative estimate of drug-likeness (QED) is 0.610. The molecule has 190 valence electrons. The van der Waals surface area contributed by atoms with E-state index >= 15 is 0 Å². The Balaban J connectivity index is 1.71. The van der Waals surface area contributed by atoms with Crippen molar-refractivity contribution in [2.24, 2.45) is 0 Å². The molecule has 1 aromatic heterocycles. The van der Waals surface area contributed by atoms with E-state index in [1.165, 1.54) is 0 Å². The monoisotopic (exact) mass is 504 g/mol. The van der Waals surface area contributed by atoms with Gasteiger partial charge in [-0.2, -0.15) is 22.5 Å². The number of alkyl halides is 3. The second kappa shape index (κ2) is 8.87. The third kappa shape index (κ3) is 5.44. The highest BCUT2D eigenvalue weighted by Crippen LogP contribution is 2.38. The first-order valence-corrected chi connectivity index (χ1v) is 12.8. The maximum Gasteiger partial charge on any atom is 0.410 e. The van der Waals surface area contributed by atoms with E-state index in [0.29, 0.717) is 44.0 Å². The zero-order chi connectivity index (χ0) is 24.9. The molecular weight excluding hydrogens is 473 g/mol. The van der Waals surface area contributed by atoms with E-state index in [1.807, 2.05) is 25.7 Å². The van der Waals surface area contributed by atoms with Crippen molar-refractivity contribution in [1.29, 1.82) is 0 Å². The number of morpholine rings is 1. The number of rotatable bonds is 5. The van der Waals surface area contributed by atoms with Crippen molar-refractivity contribution in [3.8, 4) is 5.88 Å². The maximum atomic E-state index is 14.2. The van der Waals surface area contributed by atoms with Crippen LogP contribution >= 0.6 is 0 Å². The van der Waals surface area contributed by atoms with Crippen molar-refractivity contribution < 1.29 is 31.1 Å². The maximum absolute atomic E-state index is 14.2. The van der Waals surface area contributed by atoms with Gasteiger partial charge in [-0.1, -0.05) is 6.58 Å². The van der Waals surface area contributed by atoms with Gasteiger partial charge in [-0.3, -0.25) is 0 Å². The van der Waals surface area contributed by atoms with Gasteiger partial charge in [0.2, 0.25) is 15.9 Å². The second-order valence-corrected chi connectivity index (χ2v) is 12.1. The lowest BCUT2D eigenvalue weighted by Gasteiger charge is -2.42. The van der Waals surface area contributed by atoms with E-state index < -0.39 is 39.6 Å². The average Bonchev–Trinajstić information content (AvgIpc) is 3.57. The Morgan fingerprint density at radius 2 is 1.85 bits per heavy atom. The van der Waals surface area contributed by atoms with Crippen LogP contribution in [0.2, 0.25) is 0 Å². The third-order valence-corrected chi connectivity index (χ3v) is 8.29. The molecule has 3 fully saturated rings. The summed E-state index contributed by atoms with van der Waals surface area (Å²) >= 11 is 0. The van der Waals surface area contributed by atoms with Crippen LogP contribution in [0.1, 0.15) is 33.6 Å². The summed E-state index contributed by atoms with van der Waals surface area (Å²) in [4.78, 5) is 7.42. The predicted molar refractivity (Wildman–Crippen MR) is 123 cm³/mol. The Bertz CT molecular complexity index is 1040. The molecule has 34 heavy (non-hydrogen) atoms. The summed E-state index contributed by atoms with van der Waals surface area (Å²) in [6.07, 6.45) is -3.65. The SMILES string of the molecule is C=C1COCCN1c1cc(OC(C)(C)C)nc(N2CCN(S(=O)(=O)C3CC3)CC2C(F)(F)F)c1. The van der Waals surface area contributed by atoms with Gasteiger partial charge in [-0.25, -0.2) is 8.42 Å². The molecular formula is C22H31F3N4O4S. The number of anilines is 2. The highest BCUT2D eigenvalue weighted by atomic mass is 32.2. The molecule has 8 nitrogen and oxygen atoms in total. The van der Waals surface area contributed by atoms with Gasteiger partial charge in [-0.15, -0.1) is 0 Å². The molecule has 1 aliphatic carbocycles. The molecule has 0 bridgehead atoms. The van der Waals surface area contributed by atoms with Gasteiger partial charge >= 0.3 is 6.18 Å². The first kappa shape index (κ1) is 25.1. The van der Waals surface area contributed by atoms with Crippen molar-refractivity contribution in [2.75, 3.05) is 49.2 Å². The Morgan fingerprint density at radius 3 is 2.44 bits per heavy atom. The number of aromatic nitrogens is 1. The number of hydrogen-bond donors (Lipinski definition) is 0. The van der Waals surface area contributed by atoms with Crippen LogP contribution in [0.5, 0.6) is 5.88 Å². The highest BCUT2D eigenvalue weighted by molar-refractivity contribution is 7.90. The lowest BCUT2D eigenvalue weighted by Crippen LogP contribution is -2.60. The number of hydrogen-bond acceptors (Lipinski definition) is 7. The van der Waals surface area contributed by atoms with Crippen molar-refractivity contribution in [3.05, 3.63) is 24.4 Å². The highest BCUT2D eigenvalue weighted by Gasteiger charge is 2.51. The minimum Gasteiger partial charge on any atom is -0.472 e. The average molecular weight is 505 g/mol. The van der Waals surface area contributed by atoms with E-state index in [0.717, 1.165) is 9.21 Å². The predicted octanol–water partition coefficient (Wildman–Crippen LogP) is 3.15. The molecule has 1 saturated carbocycles. The van der Waals surface area contributed by atoms with Crippen molar-refractivity contribution >= 4 is 21.5 Å². The molecule has 1 atom stereocenters. The van der Waals surface area contributed by atoms with Crippen LogP contribution < -0.4 is 14.5 Å². The lowest BCUT2D eigenvalue weighted by molar-refractivity contribution is -0.153. The largest absolute Gasteiger partial charge is 0.472 e. The molecule has 0 N–H and O–H groups in total. The van der Waals surface area contributed by atoms with Crippen LogP contribution in [-0.4, -0.2) is 80.2 Å². The zero-order valence-electron chi connectivity index (χ0n) is 19.6. The fourth-order valence-electron chi connectivity index (χ4n) is 4.16. The topological polar surface area (TPSA) is 75.2 Å². The summed E-state index contributed by atoms with van der Waals surface area (Å²) < 4.78 is 80.2. The van der Waals surface area contributed by atoms with Gasteiger partial charge in [0.1, 0.15) is 17.5 Å². The summed E-state index contributed by atoms with van der Waals surface area (Å²) in [6.45, 7) is 9.93. The smallest absolute Gasteiger partial charge is 0.410 e. The molecule has 1 unspecified atom stereocenters. The fraction of sp³-hybridized carbons (Fsp3) is 0.682. The summed E-state index contributed by atoms with van der Waals surface area (Å²) in [5.41, 5.74) is 0.662. The van der Waals surface area contributed by atoms with Crippen LogP contribution in [-0.2, 0) is 14.8 Å². The number of halogens is 3. The number of sulfonamides is 1. The molecule has 3 heterocycles. The summed E-state index contributed by atoms with van der Waals surface area (Å²) in [5, 5.41) is -0.562. The van der Waals surface area contributed by atoms with E-state index in [2.05, 4.69) is 11.6 Å². The van der Waals surface area contributed by atoms with Gasteiger partial charge < -0.3 is 19.3 Å². The van der Waals surface area contributed by atoms with Crippen LogP contribution in [0.4, 0.5) is 24.7 Å². The normalized spacial score (nSPS) is 23.4. The molecule has 0 amide bonds. The van der Waals surface area contributed by atoms with Crippen molar-refractivity contribution in [3.63, 3.8) is 0 Å². The summed E-state index contributed by atoms with van der Waals surface area (Å²) in [5.74, 6) is 0.273. The second-order valence-electron chi connectivity index (χ2n) is 9.86. The molecule has 4 rings (SSSR count). The van der Waals surface area contributed by atoms with Gasteiger partial charge in [0, 0.05) is 44.0 Å². The van der Waals surface area contributed by atoms with Crippen molar-refractivity contribution in [2.45, 2.75) is 56.7 Å². The first-order valence-electron chi connectivity index (χ1n) is 11.3. The van der Waals surface area contributed by atoms with Gasteiger partial charge in [0.15, 0.2) is 0 Å². The van der Waals surface area contributed by atoms with E-state index in [-0.39, 0.29) is 24.8 Å². The first-order chi connectivity index (χ1) is 15.8. The van der Waals surface area contributed by atoms with Crippen molar-refractivity contribution in [1.82, 2.24) is 9.29 Å². The van der Waals surface area contributed by atoms with Crippen LogP contribution in [0.25, 0.3) is 0 Å². The van der Waals surface area contributed by atoms with Gasteiger partial charge in [0.25, 0.3) is 0 Å². The number of piperazine rings is 1. The zero-order valence-corrected chi connectivity index (χ0v) is 20.5. The van der Waals surface area contributed by atoms with E-state index in [9.17, 15) is 21.6 Å². The Kier molecular flexibility index (Phi) is 6.54. The molecule has 2 saturated heterocycles. The van der Waals surface area contributed by atoms with E-state index in [1.54, 1.807) is 12.1 Å². The lowest BCUT2D eigenvalue weighted by atomic mass is 10.1. The minimum atomic E-state index is -4.65. The minimum absolute atomic E-state index is 0.0307. The molecule has 0 aromatic carbocycles. The Hall–Kier alpha value is -2.05. The van der Waals surface area contributed by atoms with Gasteiger partial charge in [-0.05, 0) is 33.6 Å². The summed E-state index contributed by atoms with van der Waals surface area (Å²) in [7, 11) is -3.72. The Labute approximate surface area is 198 Å². The van der Waals surface area contributed by atoms with Gasteiger partial charge in [0.05, 0.1) is 24.2 Å². The third-order valence-electron chi connectivity index (χ3n) is 5.93. The Morgan fingerprint density at radius 1 is 1.15 bits per heavy atom. The number of nitrogens with zero attached hydrogens (tertiary/aromatic N) is 4. The molecule has 0 radical (unpaired) electrons. The standard InChI is InChI=1S/C22H31F3N4O4S/c1-15-14-32-10-9-28(15)16-11-19(26-20(12-16)33-21(2,3)4)29-8-7-27(13-18(29)22(23,24)25)34(30,31)17-5-6-17/h11-12,17-18H,1,5-10,13-14H2,2-4H3. The fourth-order valence-corrected chi connectivity index (χ4v) is 6.00. The molecule has 0 spiro atoms.